The summed E-state index contributed by atoms with van der Waals surface area (Å²) in [6, 6.07) is 8.27. The minimum atomic E-state index is -3.85. The molecule has 2 aromatic rings. The lowest BCUT2D eigenvalue weighted by Crippen LogP contribution is -2.21. The van der Waals surface area contributed by atoms with Gasteiger partial charge in [-0.2, -0.15) is 0 Å². The third kappa shape index (κ3) is 4.50. The minimum absolute atomic E-state index is 0.0101. The number of methoxy groups -OCH3 is 1. The van der Waals surface area contributed by atoms with Crippen LogP contribution in [0.2, 0.25) is 0 Å². The van der Waals surface area contributed by atoms with Crippen LogP contribution in [0.15, 0.2) is 46.2 Å². The molecule has 0 radical (unpaired) electrons. The van der Waals surface area contributed by atoms with Crippen LogP contribution in [-0.2, 0) is 20.0 Å². The first-order chi connectivity index (χ1) is 13.1. The van der Waals surface area contributed by atoms with Crippen molar-refractivity contribution < 1.29 is 26.4 Å². The fraction of sp³-hybridized carbons (Fsp3) is 0.235. The van der Waals surface area contributed by atoms with Gasteiger partial charge in [0.15, 0.2) is 0 Å². The first-order valence-electron chi connectivity index (χ1n) is 8.03. The molecule has 0 fully saturated rings. The molecule has 1 amide bonds. The number of benzene rings is 2. The highest BCUT2D eigenvalue weighted by atomic mass is 32.2. The second-order valence-electron chi connectivity index (χ2n) is 5.71. The Morgan fingerprint density at radius 2 is 1.57 bits per heavy atom. The highest BCUT2D eigenvalue weighted by Crippen LogP contribution is 2.26. The van der Waals surface area contributed by atoms with E-state index in [4.69, 9.17) is 4.74 Å². The van der Waals surface area contributed by atoms with Crippen LogP contribution in [0.5, 0.6) is 5.75 Å². The van der Waals surface area contributed by atoms with Gasteiger partial charge in [0.1, 0.15) is 10.6 Å². The maximum atomic E-state index is 12.6. The predicted octanol–water partition coefficient (Wildman–Crippen LogP) is 1.07. The Bertz CT molecular complexity index is 1110. The molecule has 0 spiro atoms. The zero-order valence-corrected chi connectivity index (χ0v) is 17.4. The lowest BCUT2D eigenvalue weighted by atomic mass is 10.1. The standard InChI is InChI=1S/C17H21N3O6S2/c1-11-5-7-13(27(22,23)18-2)10-14(11)20-17(21)12-6-8-15(26-4)16(9-12)28(24,25)19-3/h5-10,18-19H,1-4H3,(H,20,21). The van der Waals surface area contributed by atoms with Gasteiger partial charge in [-0.3, -0.25) is 4.79 Å². The Labute approximate surface area is 164 Å². The third-order valence-corrected chi connectivity index (χ3v) is 6.87. The van der Waals surface area contributed by atoms with E-state index in [9.17, 15) is 21.6 Å². The molecule has 0 heterocycles. The van der Waals surface area contributed by atoms with Crippen molar-refractivity contribution in [3.05, 3.63) is 47.5 Å². The minimum Gasteiger partial charge on any atom is -0.495 e. The van der Waals surface area contributed by atoms with Crippen molar-refractivity contribution >= 4 is 31.6 Å². The van der Waals surface area contributed by atoms with Crippen LogP contribution in [-0.4, -0.2) is 43.9 Å². The molecule has 0 aliphatic heterocycles. The van der Waals surface area contributed by atoms with Crippen LogP contribution in [0.4, 0.5) is 5.69 Å². The van der Waals surface area contributed by atoms with Gasteiger partial charge in [0.2, 0.25) is 20.0 Å². The van der Waals surface area contributed by atoms with Crippen molar-refractivity contribution in [3.8, 4) is 5.75 Å². The Balaban J connectivity index is 2.44. The monoisotopic (exact) mass is 427 g/mol. The predicted molar refractivity (Wildman–Crippen MR) is 105 cm³/mol. The number of carbonyl (C=O) groups excluding carboxylic acids is 1. The van der Waals surface area contributed by atoms with Crippen molar-refractivity contribution in [2.45, 2.75) is 16.7 Å². The molecule has 0 aliphatic rings. The van der Waals surface area contributed by atoms with Gasteiger partial charge in [0.05, 0.1) is 12.0 Å². The van der Waals surface area contributed by atoms with E-state index < -0.39 is 26.0 Å². The number of anilines is 1. The van der Waals surface area contributed by atoms with E-state index in [1.807, 2.05) is 0 Å². The second kappa shape index (κ2) is 8.27. The first kappa shape index (κ1) is 21.8. The highest BCUT2D eigenvalue weighted by Gasteiger charge is 2.21. The average molecular weight is 428 g/mol. The lowest BCUT2D eigenvalue weighted by Gasteiger charge is -2.13. The SMILES string of the molecule is CNS(=O)(=O)c1ccc(C)c(NC(=O)c2ccc(OC)c(S(=O)(=O)NC)c2)c1. The van der Waals surface area contributed by atoms with Gasteiger partial charge in [-0.15, -0.1) is 0 Å². The first-order valence-corrected chi connectivity index (χ1v) is 11.0. The Hall–Kier alpha value is -2.47. The third-order valence-electron chi connectivity index (χ3n) is 4.02. The summed E-state index contributed by atoms with van der Waals surface area (Å²) in [6.07, 6.45) is 0. The second-order valence-corrected chi connectivity index (χ2v) is 9.45. The molecular formula is C17H21N3O6S2. The zero-order valence-electron chi connectivity index (χ0n) is 15.7. The molecule has 2 aromatic carbocycles. The molecule has 0 bridgehead atoms. The molecule has 3 N–H and O–H groups in total. The highest BCUT2D eigenvalue weighted by molar-refractivity contribution is 7.89. The van der Waals surface area contributed by atoms with Crippen molar-refractivity contribution in [1.29, 1.82) is 0 Å². The molecule has 0 atom stereocenters. The number of nitrogens with one attached hydrogen (secondary N) is 3. The summed E-state index contributed by atoms with van der Waals surface area (Å²) in [7, 11) is -3.68. The Morgan fingerprint density at radius 3 is 2.14 bits per heavy atom. The maximum absolute atomic E-state index is 12.6. The molecule has 0 saturated heterocycles. The summed E-state index contributed by atoms with van der Waals surface area (Å²) in [5.41, 5.74) is 0.992. The number of hydrogen-bond donors (Lipinski definition) is 3. The lowest BCUT2D eigenvalue weighted by molar-refractivity contribution is 0.102. The van der Waals surface area contributed by atoms with Crippen LogP contribution in [0, 0.1) is 6.92 Å². The summed E-state index contributed by atoms with van der Waals surface area (Å²) in [5.74, 6) is -0.512. The maximum Gasteiger partial charge on any atom is 0.255 e. The topological polar surface area (TPSA) is 131 Å². The Morgan fingerprint density at radius 1 is 0.929 bits per heavy atom. The van der Waals surface area contributed by atoms with Crippen molar-refractivity contribution in [1.82, 2.24) is 9.44 Å². The van der Waals surface area contributed by atoms with Crippen LogP contribution in [0.3, 0.4) is 0 Å². The smallest absolute Gasteiger partial charge is 0.255 e. The molecule has 0 unspecified atom stereocenters. The number of rotatable bonds is 7. The Kier molecular flexibility index (Phi) is 6.44. The average Bonchev–Trinajstić information content (AvgIpc) is 2.68. The van der Waals surface area contributed by atoms with E-state index in [0.717, 1.165) is 0 Å². The van der Waals surface area contributed by atoms with Crippen LogP contribution in [0.25, 0.3) is 0 Å². The molecule has 9 nitrogen and oxygen atoms in total. The number of sulfonamides is 2. The van der Waals surface area contributed by atoms with Gasteiger partial charge >= 0.3 is 0 Å². The van der Waals surface area contributed by atoms with Crippen molar-refractivity contribution in [3.63, 3.8) is 0 Å². The van der Waals surface area contributed by atoms with Crippen LogP contribution >= 0.6 is 0 Å². The van der Waals surface area contributed by atoms with Gasteiger partial charge in [-0.05, 0) is 56.9 Å². The van der Waals surface area contributed by atoms with Gasteiger partial charge in [0.25, 0.3) is 5.91 Å². The molecule has 28 heavy (non-hydrogen) atoms. The number of ether oxygens (including phenoxy) is 1. The molecule has 0 aromatic heterocycles. The summed E-state index contributed by atoms with van der Waals surface area (Å²) in [6.45, 7) is 1.70. The number of amides is 1. The fourth-order valence-electron chi connectivity index (χ4n) is 2.35. The quantitative estimate of drug-likeness (QED) is 0.606. The molecule has 2 rings (SSSR count). The van der Waals surface area contributed by atoms with Crippen LogP contribution in [0.1, 0.15) is 15.9 Å². The largest absolute Gasteiger partial charge is 0.495 e. The summed E-state index contributed by atoms with van der Waals surface area (Å²) >= 11 is 0. The summed E-state index contributed by atoms with van der Waals surface area (Å²) in [5, 5.41) is 2.61. The van der Waals surface area contributed by atoms with Gasteiger partial charge < -0.3 is 10.1 Å². The summed E-state index contributed by atoms with van der Waals surface area (Å²) < 4.78 is 57.7. The van der Waals surface area contributed by atoms with Gasteiger partial charge in [-0.25, -0.2) is 26.3 Å². The molecule has 0 aliphatic carbocycles. The fourth-order valence-corrected chi connectivity index (χ4v) is 4.03. The van der Waals surface area contributed by atoms with E-state index in [-0.39, 0.29) is 26.8 Å². The number of hydrogen-bond acceptors (Lipinski definition) is 6. The number of carbonyl (C=O) groups is 1. The van der Waals surface area contributed by atoms with E-state index in [0.29, 0.717) is 5.56 Å². The van der Waals surface area contributed by atoms with Crippen molar-refractivity contribution in [2.24, 2.45) is 0 Å². The van der Waals surface area contributed by atoms with Gasteiger partial charge in [-0.1, -0.05) is 6.07 Å². The van der Waals surface area contributed by atoms with Gasteiger partial charge in [0, 0.05) is 11.3 Å². The zero-order chi connectivity index (χ0) is 21.1. The molecule has 0 saturated carbocycles. The normalized spacial score (nSPS) is 11.9. The van der Waals surface area contributed by atoms with E-state index in [1.165, 1.54) is 51.5 Å². The van der Waals surface area contributed by atoms with Crippen LogP contribution < -0.4 is 19.5 Å². The van der Waals surface area contributed by atoms with Crippen molar-refractivity contribution in [2.75, 3.05) is 26.5 Å². The van der Waals surface area contributed by atoms with E-state index in [2.05, 4.69) is 14.8 Å². The van der Waals surface area contributed by atoms with E-state index in [1.54, 1.807) is 13.0 Å². The summed E-state index contributed by atoms with van der Waals surface area (Å²) in [4.78, 5) is 12.4. The number of aryl methyl sites for hydroxylation is 1. The molecule has 11 heteroatoms. The molecular weight excluding hydrogens is 406 g/mol. The van der Waals surface area contributed by atoms with E-state index >= 15 is 0 Å². The molecule has 152 valence electrons.